The van der Waals surface area contributed by atoms with Crippen molar-refractivity contribution >= 4 is 23.1 Å². The minimum Gasteiger partial charge on any atom is -0.437 e. The fourth-order valence-corrected chi connectivity index (χ4v) is 2.08. The lowest BCUT2D eigenvalue weighted by Gasteiger charge is -2.06. The highest BCUT2D eigenvalue weighted by molar-refractivity contribution is 7.03. The van der Waals surface area contributed by atoms with Gasteiger partial charge in [-0.1, -0.05) is 0 Å². The molecule has 6 nitrogen and oxygen atoms in total. The maximum atomic E-state index is 11.8. The Bertz CT molecular complexity index is 714. The molecule has 0 saturated carbocycles. The molecule has 0 fully saturated rings. The lowest BCUT2D eigenvalue weighted by Crippen LogP contribution is -2.10. The summed E-state index contributed by atoms with van der Waals surface area (Å²) in [5, 5.41) is 4.42. The standard InChI is InChI=1S/C14H10N4O2S/c19-14(10-6-17-21-9-10)18-11-3-4-13(16-7-11)20-12-2-1-5-15-8-12/h1-9H,(H,18,19). The van der Waals surface area contributed by atoms with Gasteiger partial charge in [0, 0.05) is 17.6 Å². The zero-order chi connectivity index (χ0) is 14.5. The molecule has 3 rings (SSSR count). The third kappa shape index (κ3) is 3.40. The first kappa shape index (κ1) is 13.2. The molecule has 3 aromatic rings. The summed E-state index contributed by atoms with van der Waals surface area (Å²) in [6.07, 6.45) is 6.32. The van der Waals surface area contributed by atoms with Gasteiger partial charge in [-0.25, -0.2) is 9.36 Å². The molecule has 104 valence electrons. The molecule has 1 N–H and O–H groups in total. The third-order valence-corrected chi connectivity index (χ3v) is 3.13. The smallest absolute Gasteiger partial charge is 0.258 e. The Morgan fingerprint density at radius 3 is 2.81 bits per heavy atom. The topological polar surface area (TPSA) is 77.0 Å². The van der Waals surface area contributed by atoms with E-state index >= 15 is 0 Å². The molecule has 0 saturated heterocycles. The summed E-state index contributed by atoms with van der Waals surface area (Å²) in [4.78, 5) is 19.9. The van der Waals surface area contributed by atoms with Crippen LogP contribution in [0.1, 0.15) is 10.4 Å². The molecule has 1 amide bonds. The van der Waals surface area contributed by atoms with Crippen LogP contribution in [0, 0.1) is 0 Å². The summed E-state index contributed by atoms with van der Waals surface area (Å²) in [5.74, 6) is 0.816. The van der Waals surface area contributed by atoms with Crippen molar-refractivity contribution in [2.45, 2.75) is 0 Å². The molecule has 3 aromatic heterocycles. The molecule has 0 aliphatic carbocycles. The van der Waals surface area contributed by atoms with Gasteiger partial charge in [0.15, 0.2) is 0 Å². The van der Waals surface area contributed by atoms with Crippen molar-refractivity contribution in [3.8, 4) is 11.6 Å². The van der Waals surface area contributed by atoms with E-state index in [9.17, 15) is 4.79 Å². The molecule has 0 spiro atoms. The van der Waals surface area contributed by atoms with Crippen molar-refractivity contribution in [2.24, 2.45) is 0 Å². The van der Waals surface area contributed by atoms with Gasteiger partial charge in [0.25, 0.3) is 5.91 Å². The number of hydrogen-bond donors (Lipinski definition) is 1. The van der Waals surface area contributed by atoms with Gasteiger partial charge in [-0.3, -0.25) is 9.78 Å². The molecule has 0 bridgehead atoms. The van der Waals surface area contributed by atoms with E-state index in [-0.39, 0.29) is 5.91 Å². The van der Waals surface area contributed by atoms with E-state index in [1.807, 2.05) is 0 Å². The van der Waals surface area contributed by atoms with E-state index in [1.54, 1.807) is 42.0 Å². The molecule has 0 aliphatic heterocycles. The maximum Gasteiger partial charge on any atom is 0.258 e. The molecule has 0 atom stereocenters. The largest absolute Gasteiger partial charge is 0.437 e. The highest BCUT2D eigenvalue weighted by Gasteiger charge is 2.07. The highest BCUT2D eigenvalue weighted by Crippen LogP contribution is 2.19. The summed E-state index contributed by atoms with van der Waals surface area (Å²) in [6.45, 7) is 0. The second kappa shape index (κ2) is 6.10. The molecule has 0 radical (unpaired) electrons. The first-order valence-corrected chi connectivity index (χ1v) is 6.89. The van der Waals surface area contributed by atoms with Crippen molar-refractivity contribution in [2.75, 3.05) is 5.32 Å². The van der Waals surface area contributed by atoms with Gasteiger partial charge in [0.2, 0.25) is 5.88 Å². The van der Waals surface area contributed by atoms with E-state index in [4.69, 9.17) is 4.74 Å². The van der Waals surface area contributed by atoms with E-state index in [2.05, 4.69) is 19.7 Å². The molecule has 3 heterocycles. The Morgan fingerprint density at radius 2 is 2.14 bits per heavy atom. The molecule has 7 heteroatoms. The number of carbonyl (C=O) groups is 1. The number of anilines is 1. The van der Waals surface area contributed by atoms with Gasteiger partial charge < -0.3 is 10.1 Å². The van der Waals surface area contributed by atoms with Crippen LogP contribution in [0.3, 0.4) is 0 Å². The van der Waals surface area contributed by atoms with E-state index in [0.717, 1.165) is 0 Å². The molecular weight excluding hydrogens is 288 g/mol. The van der Waals surface area contributed by atoms with Crippen LogP contribution in [0.25, 0.3) is 0 Å². The van der Waals surface area contributed by atoms with Gasteiger partial charge in [-0.05, 0) is 29.7 Å². The molecule has 0 unspecified atom stereocenters. The number of amides is 1. The van der Waals surface area contributed by atoms with Crippen LogP contribution in [0.4, 0.5) is 5.69 Å². The lowest BCUT2D eigenvalue weighted by atomic mass is 10.3. The van der Waals surface area contributed by atoms with Crippen molar-refractivity contribution in [1.29, 1.82) is 0 Å². The van der Waals surface area contributed by atoms with Crippen LogP contribution in [-0.2, 0) is 0 Å². The number of nitrogens with one attached hydrogen (secondary N) is 1. The Labute approximate surface area is 124 Å². The minimum atomic E-state index is -0.216. The first-order valence-electron chi connectivity index (χ1n) is 6.06. The van der Waals surface area contributed by atoms with Gasteiger partial charge in [-0.2, -0.15) is 0 Å². The fraction of sp³-hybridized carbons (Fsp3) is 0. The van der Waals surface area contributed by atoms with Crippen LogP contribution in [-0.4, -0.2) is 20.2 Å². The van der Waals surface area contributed by atoms with E-state index in [0.29, 0.717) is 22.9 Å². The second-order valence-corrected chi connectivity index (χ2v) is 4.70. The summed E-state index contributed by atoms with van der Waals surface area (Å²) in [6, 6.07) is 6.96. The normalized spacial score (nSPS) is 10.1. The maximum absolute atomic E-state index is 11.8. The zero-order valence-corrected chi connectivity index (χ0v) is 11.6. The van der Waals surface area contributed by atoms with Crippen molar-refractivity contribution in [3.05, 3.63) is 60.0 Å². The van der Waals surface area contributed by atoms with Crippen LogP contribution in [0.15, 0.2) is 54.4 Å². The van der Waals surface area contributed by atoms with Crippen LogP contribution < -0.4 is 10.1 Å². The third-order valence-electron chi connectivity index (χ3n) is 2.55. The summed E-state index contributed by atoms with van der Waals surface area (Å²) >= 11 is 1.23. The van der Waals surface area contributed by atoms with Crippen molar-refractivity contribution in [1.82, 2.24) is 14.3 Å². The fourth-order valence-electron chi connectivity index (χ4n) is 1.56. The second-order valence-electron chi connectivity index (χ2n) is 4.04. The zero-order valence-electron chi connectivity index (χ0n) is 10.8. The van der Waals surface area contributed by atoms with Crippen LogP contribution in [0.5, 0.6) is 11.6 Å². The summed E-state index contributed by atoms with van der Waals surface area (Å²) in [7, 11) is 0. The minimum absolute atomic E-state index is 0.216. The Balaban J connectivity index is 1.65. The Hall–Kier alpha value is -2.80. The number of aromatic nitrogens is 3. The van der Waals surface area contributed by atoms with Gasteiger partial charge >= 0.3 is 0 Å². The number of ether oxygens (including phenoxy) is 1. The van der Waals surface area contributed by atoms with Gasteiger partial charge in [-0.15, -0.1) is 0 Å². The highest BCUT2D eigenvalue weighted by atomic mass is 32.1. The van der Waals surface area contributed by atoms with Crippen LogP contribution >= 0.6 is 11.5 Å². The summed E-state index contributed by atoms with van der Waals surface area (Å²) in [5.41, 5.74) is 1.11. The Kier molecular flexibility index (Phi) is 3.83. The van der Waals surface area contributed by atoms with Crippen LogP contribution in [0.2, 0.25) is 0 Å². The average molecular weight is 298 g/mol. The molecule has 0 aromatic carbocycles. The number of carbonyl (C=O) groups excluding carboxylic acids is 1. The lowest BCUT2D eigenvalue weighted by molar-refractivity contribution is 0.102. The van der Waals surface area contributed by atoms with E-state index < -0.39 is 0 Å². The van der Waals surface area contributed by atoms with Crippen molar-refractivity contribution < 1.29 is 9.53 Å². The molecule has 0 aliphatic rings. The van der Waals surface area contributed by atoms with E-state index in [1.165, 1.54) is 23.9 Å². The number of pyridine rings is 2. The summed E-state index contributed by atoms with van der Waals surface area (Å²) < 4.78 is 9.40. The molecule has 21 heavy (non-hydrogen) atoms. The first-order chi connectivity index (χ1) is 10.3. The monoisotopic (exact) mass is 298 g/mol. The van der Waals surface area contributed by atoms with Gasteiger partial charge in [0.05, 0.1) is 29.8 Å². The van der Waals surface area contributed by atoms with Crippen molar-refractivity contribution in [3.63, 3.8) is 0 Å². The predicted octanol–water partition coefficient (Wildman–Crippen LogP) is 2.98. The Morgan fingerprint density at radius 1 is 1.19 bits per heavy atom. The quantitative estimate of drug-likeness (QED) is 0.801. The number of rotatable bonds is 4. The predicted molar refractivity (Wildman–Crippen MR) is 78.6 cm³/mol. The molecular formula is C14H10N4O2S. The average Bonchev–Trinajstić information content (AvgIpc) is 3.05. The SMILES string of the molecule is O=C(Nc1ccc(Oc2cccnc2)nc1)c1cnsc1. The van der Waals surface area contributed by atoms with Gasteiger partial charge in [0.1, 0.15) is 5.75 Å². The number of hydrogen-bond acceptors (Lipinski definition) is 6. The number of nitrogens with zero attached hydrogens (tertiary/aromatic N) is 3.